The number of nitrogens with one attached hydrogen (secondary N) is 1. The predicted molar refractivity (Wildman–Crippen MR) is 106 cm³/mol. The van der Waals surface area contributed by atoms with E-state index in [0.29, 0.717) is 29.1 Å². The van der Waals surface area contributed by atoms with Gasteiger partial charge in [0.05, 0.1) is 17.8 Å². The maximum Gasteiger partial charge on any atom is 0.349 e. The van der Waals surface area contributed by atoms with Crippen LogP contribution in [0.25, 0.3) is 11.0 Å². The summed E-state index contributed by atoms with van der Waals surface area (Å²) >= 11 is 5.86. The molecule has 0 bridgehead atoms. The van der Waals surface area contributed by atoms with Crippen molar-refractivity contribution in [3.63, 3.8) is 0 Å². The van der Waals surface area contributed by atoms with E-state index in [9.17, 15) is 9.59 Å². The van der Waals surface area contributed by atoms with Crippen LogP contribution in [-0.2, 0) is 13.1 Å². The van der Waals surface area contributed by atoms with E-state index in [0.717, 1.165) is 11.1 Å². The van der Waals surface area contributed by atoms with Gasteiger partial charge in [0.2, 0.25) is 0 Å². The Hall–Kier alpha value is -3.38. The van der Waals surface area contributed by atoms with E-state index in [1.54, 1.807) is 41.3 Å². The molecule has 140 valence electrons. The molecule has 0 aliphatic heterocycles. The van der Waals surface area contributed by atoms with Crippen LogP contribution in [0.4, 0.5) is 0 Å². The van der Waals surface area contributed by atoms with E-state index in [2.05, 4.69) is 10.4 Å². The van der Waals surface area contributed by atoms with Crippen molar-refractivity contribution in [2.75, 3.05) is 0 Å². The number of nitrogens with zero attached hydrogens (tertiary/aromatic N) is 2. The van der Waals surface area contributed by atoms with Gasteiger partial charge in [0.25, 0.3) is 5.91 Å². The van der Waals surface area contributed by atoms with Gasteiger partial charge in [0.15, 0.2) is 0 Å². The van der Waals surface area contributed by atoms with Crippen molar-refractivity contribution in [3.8, 4) is 0 Å². The van der Waals surface area contributed by atoms with Crippen molar-refractivity contribution in [2.45, 2.75) is 13.1 Å². The molecule has 2 aromatic carbocycles. The van der Waals surface area contributed by atoms with Crippen molar-refractivity contribution in [1.82, 2.24) is 15.1 Å². The van der Waals surface area contributed by atoms with Gasteiger partial charge in [0.1, 0.15) is 11.1 Å². The molecule has 0 radical (unpaired) electrons. The summed E-state index contributed by atoms with van der Waals surface area (Å²) in [4.78, 5) is 24.5. The minimum atomic E-state index is -0.649. The van der Waals surface area contributed by atoms with Crippen molar-refractivity contribution >= 4 is 28.5 Å². The summed E-state index contributed by atoms with van der Waals surface area (Å²) in [5.74, 6) is -0.463. The Kier molecular flexibility index (Phi) is 4.95. The highest BCUT2D eigenvalue weighted by molar-refractivity contribution is 6.30. The van der Waals surface area contributed by atoms with E-state index in [1.165, 1.54) is 0 Å². The zero-order valence-corrected chi connectivity index (χ0v) is 15.5. The zero-order chi connectivity index (χ0) is 19.5. The zero-order valence-electron chi connectivity index (χ0n) is 14.8. The summed E-state index contributed by atoms with van der Waals surface area (Å²) in [6.07, 6.45) is 3.35. The maximum atomic E-state index is 12.4. The fourth-order valence-electron chi connectivity index (χ4n) is 2.87. The molecule has 2 aromatic heterocycles. The van der Waals surface area contributed by atoms with Gasteiger partial charge in [-0.25, -0.2) is 4.79 Å². The third kappa shape index (κ3) is 3.97. The van der Waals surface area contributed by atoms with Gasteiger partial charge in [0, 0.05) is 18.1 Å². The number of benzene rings is 2. The third-order valence-corrected chi connectivity index (χ3v) is 4.50. The lowest BCUT2D eigenvalue weighted by Crippen LogP contribution is -2.27. The predicted octanol–water partition coefficient (Wildman–Crippen LogP) is 3.62. The van der Waals surface area contributed by atoms with Crippen LogP contribution in [0.1, 0.15) is 21.5 Å². The monoisotopic (exact) mass is 393 g/mol. The normalized spacial score (nSPS) is 10.9. The molecular weight excluding hydrogens is 378 g/mol. The van der Waals surface area contributed by atoms with E-state index in [-0.39, 0.29) is 5.56 Å². The molecule has 0 atom stereocenters. The lowest BCUT2D eigenvalue weighted by atomic mass is 10.1. The minimum Gasteiger partial charge on any atom is -0.422 e. The van der Waals surface area contributed by atoms with Crippen LogP contribution in [0.3, 0.4) is 0 Å². The van der Waals surface area contributed by atoms with Gasteiger partial charge < -0.3 is 9.73 Å². The largest absolute Gasteiger partial charge is 0.422 e. The fourth-order valence-corrected chi connectivity index (χ4v) is 3.03. The summed E-state index contributed by atoms with van der Waals surface area (Å²) in [6, 6.07) is 16.4. The topological polar surface area (TPSA) is 77.1 Å². The first kappa shape index (κ1) is 18.0. The number of carbonyl (C=O) groups excluding carboxylic acids is 1. The van der Waals surface area contributed by atoms with Crippen LogP contribution in [0.2, 0.25) is 5.02 Å². The Morgan fingerprint density at radius 2 is 1.86 bits per heavy atom. The number of hydrogen-bond acceptors (Lipinski definition) is 4. The van der Waals surface area contributed by atoms with Crippen molar-refractivity contribution in [1.29, 1.82) is 0 Å². The number of para-hydroxylation sites is 1. The summed E-state index contributed by atoms with van der Waals surface area (Å²) in [5.41, 5.74) is 1.78. The smallest absolute Gasteiger partial charge is 0.349 e. The molecule has 2 heterocycles. The fraction of sp³-hybridized carbons (Fsp3) is 0.0952. The van der Waals surface area contributed by atoms with Gasteiger partial charge in [-0.2, -0.15) is 5.10 Å². The van der Waals surface area contributed by atoms with Crippen LogP contribution < -0.4 is 10.9 Å². The molecule has 4 rings (SSSR count). The number of amides is 1. The summed E-state index contributed by atoms with van der Waals surface area (Å²) in [5, 5.41) is 8.20. The molecule has 0 spiro atoms. The molecule has 6 nitrogen and oxygen atoms in total. The summed E-state index contributed by atoms with van der Waals surface area (Å²) in [6.45, 7) is 0.913. The average molecular weight is 394 g/mol. The Balaban J connectivity index is 1.42. The second-order valence-electron chi connectivity index (χ2n) is 6.34. The highest BCUT2D eigenvalue weighted by Gasteiger charge is 2.13. The highest BCUT2D eigenvalue weighted by Crippen LogP contribution is 2.13. The van der Waals surface area contributed by atoms with E-state index in [1.807, 2.05) is 30.3 Å². The molecule has 28 heavy (non-hydrogen) atoms. The summed E-state index contributed by atoms with van der Waals surface area (Å²) in [7, 11) is 0. The van der Waals surface area contributed by atoms with Gasteiger partial charge in [-0.05, 0) is 23.3 Å². The highest BCUT2D eigenvalue weighted by atomic mass is 35.5. The Labute approximate surface area is 165 Å². The first-order chi connectivity index (χ1) is 13.6. The average Bonchev–Trinajstić information content (AvgIpc) is 3.11. The molecule has 0 aliphatic rings. The number of fused-ring (bicyclic) bond motifs is 1. The number of rotatable bonds is 5. The number of halogens is 1. The molecule has 7 heteroatoms. The molecule has 0 saturated carbocycles. The minimum absolute atomic E-state index is 0.00844. The molecule has 0 unspecified atom stereocenters. The second-order valence-corrected chi connectivity index (χ2v) is 6.78. The van der Waals surface area contributed by atoms with Gasteiger partial charge in [-0.1, -0.05) is 54.1 Å². The lowest BCUT2D eigenvalue weighted by Gasteiger charge is -2.07. The number of aromatic nitrogens is 2. The van der Waals surface area contributed by atoms with Gasteiger partial charge >= 0.3 is 5.63 Å². The summed E-state index contributed by atoms with van der Waals surface area (Å²) < 4.78 is 6.95. The molecule has 1 amide bonds. The van der Waals surface area contributed by atoms with Crippen molar-refractivity contribution in [3.05, 3.63) is 99.1 Å². The van der Waals surface area contributed by atoms with Crippen LogP contribution in [0.5, 0.6) is 0 Å². The van der Waals surface area contributed by atoms with Crippen LogP contribution >= 0.6 is 11.6 Å². The Morgan fingerprint density at radius 3 is 2.61 bits per heavy atom. The molecule has 1 N–H and O–H groups in total. The lowest BCUT2D eigenvalue weighted by molar-refractivity contribution is 0.0947. The molecule has 0 fully saturated rings. The third-order valence-electron chi connectivity index (χ3n) is 4.31. The Bertz CT molecular complexity index is 1200. The van der Waals surface area contributed by atoms with Crippen molar-refractivity contribution in [2.24, 2.45) is 0 Å². The maximum absolute atomic E-state index is 12.4. The molecule has 4 aromatic rings. The van der Waals surface area contributed by atoms with Crippen LogP contribution in [-0.4, -0.2) is 15.7 Å². The van der Waals surface area contributed by atoms with E-state index < -0.39 is 11.5 Å². The standard InChI is InChI=1S/C21H16ClN3O3/c22-17-11-24-25(13-17)12-15-7-5-14(6-8-15)10-23-20(26)18-9-16-3-1-2-4-19(16)28-21(18)27/h1-9,11,13H,10,12H2,(H,23,26). The molecular formula is C21H16ClN3O3. The quantitative estimate of drug-likeness (QED) is 0.525. The first-order valence-corrected chi connectivity index (χ1v) is 9.03. The van der Waals surface area contributed by atoms with Gasteiger partial charge in [-0.3, -0.25) is 9.48 Å². The van der Waals surface area contributed by atoms with E-state index >= 15 is 0 Å². The van der Waals surface area contributed by atoms with Gasteiger partial charge in [-0.15, -0.1) is 0 Å². The first-order valence-electron chi connectivity index (χ1n) is 8.65. The number of carbonyl (C=O) groups is 1. The SMILES string of the molecule is O=C(NCc1ccc(Cn2cc(Cl)cn2)cc1)c1cc2ccccc2oc1=O. The van der Waals surface area contributed by atoms with Crippen LogP contribution in [0.15, 0.2) is 76.2 Å². The molecule has 0 aliphatic carbocycles. The second kappa shape index (κ2) is 7.70. The molecule has 0 saturated heterocycles. The van der Waals surface area contributed by atoms with Crippen molar-refractivity contribution < 1.29 is 9.21 Å². The number of hydrogen-bond donors (Lipinski definition) is 1. The Morgan fingerprint density at radius 1 is 1.11 bits per heavy atom. The van der Waals surface area contributed by atoms with E-state index in [4.69, 9.17) is 16.0 Å². The van der Waals surface area contributed by atoms with Crippen LogP contribution in [0, 0.1) is 0 Å².